The van der Waals surface area contributed by atoms with Crippen molar-refractivity contribution >= 4 is 5.97 Å². The molecule has 0 aliphatic carbocycles. The molecule has 5 atom stereocenters. The van der Waals surface area contributed by atoms with Crippen LogP contribution >= 0.6 is 0 Å². The molecule has 3 aromatic rings. The number of nitrogens with zero attached hydrogens (tertiary/aromatic N) is 1. The summed E-state index contributed by atoms with van der Waals surface area (Å²) in [6, 6.07) is 28.4. The number of hydrogen-bond donors (Lipinski definition) is 0. The summed E-state index contributed by atoms with van der Waals surface area (Å²) in [7, 11) is 1.24. The third-order valence-electron chi connectivity index (χ3n) is 7.48. The van der Waals surface area contributed by atoms with Gasteiger partial charge in [0.25, 0.3) is 0 Å². The normalized spacial score (nSPS) is 23.1. The van der Waals surface area contributed by atoms with Gasteiger partial charge in [0, 0.05) is 11.3 Å². The van der Waals surface area contributed by atoms with Crippen molar-refractivity contribution in [2.45, 2.75) is 62.8 Å². The van der Waals surface area contributed by atoms with Crippen molar-refractivity contribution < 1.29 is 38.1 Å². The Morgan fingerprint density at radius 1 is 0.886 bits per heavy atom. The largest absolute Gasteiger partial charge is 0.469 e. The van der Waals surface area contributed by atoms with Crippen molar-refractivity contribution in [3.05, 3.63) is 130 Å². The fourth-order valence-corrected chi connectivity index (χ4v) is 5.21. The van der Waals surface area contributed by atoms with Gasteiger partial charge in [-0.1, -0.05) is 97.1 Å². The highest BCUT2D eigenvalue weighted by molar-refractivity contribution is 5.69. The van der Waals surface area contributed by atoms with Gasteiger partial charge in [-0.25, -0.2) is 0 Å². The summed E-state index contributed by atoms with van der Waals surface area (Å²) in [5.74, 6) is -0.606. The first-order valence-corrected chi connectivity index (χ1v) is 14.5. The Labute approximate surface area is 257 Å². The molecular weight excluding hydrogens is 566 g/mol. The van der Waals surface area contributed by atoms with E-state index < -0.39 is 41.0 Å². The quantitative estimate of drug-likeness (QED) is 0.0878. The first-order valence-electron chi connectivity index (χ1n) is 14.5. The van der Waals surface area contributed by atoms with Gasteiger partial charge in [-0.3, -0.25) is 14.9 Å². The molecule has 0 bridgehead atoms. The number of ether oxygens (including phenoxy) is 6. The van der Waals surface area contributed by atoms with Gasteiger partial charge in [0.2, 0.25) is 6.29 Å². The molecule has 1 fully saturated rings. The number of nitro groups is 1. The lowest BCUT2D eigenvalue weighted by Crippen LogP contribution is -2.71. The Morgan fingerprint density at radius 2 is 1.43 bits per heavy atom. The average Bonchev–Trinajstić information content (AvgIpc) is 3.06. The molecule has 1 aliphatic rings. The van der Waals surface area contributed by atoms with Gasteiger partial charge in [-0.05, 0) is 16.7 Å². The molecule has 10 heteroatoms. The average molecular weight is 606 g/mol. The van der Waals surface area contributed by atoms with Crippen LogP contribution in [0.3, 0.4) is 0 Å². The maximum Gasteiger partial charge on any atom is 0.305 e. The minimum absolute atomic E-state index is 0.0307. The fourth-order valence-electron chi connectivity index (χ4n) is 5.21. The molecule has 0 aromatic heterocycles. The summed E-state index contributed by atoms with van der Waals surface area (Å²) >= 11 is 0. The van der Waals surface area contributed by atoms with E-state index in [0.29, 0.717) is 6.61 Å². The van der Waals surface area contributed by atoms with Gasteiger partial charge in [0.1, 0.15) is 12.2 Å². The molecule has 0 radical (unpaired) electrons. The maximum absolute atomic E-state index is 13.2. The minimum Gasteiger partial charge on any atom is -0.469 e. The SMILES string of the molecule is C=CCO[C@H]1O[C@H](COCc2ccccc2)[C@H](OCc2ccccc2)[C@H](OCc2ccccc2)[C@@]1(CCC(=O)OC)[N+](=O)[O-]. The second-order valence-corrected chi connectivity index (χ2v) is 10.4. The molecule has 3 aromatic carbocycles. The van der Waals surface area contributed by atoms with E-state index in [-0.39, 0.29) is 39.3 Å². The zero-order valence-electron chi connectivity index (χ0n) is 24.8. The highest BCUT2D eigenvalue weighted by atomic mass is 16.7. The molecule has 1 heterocycles. The van der Waals surface area contributed by atoms with Crippen molar-refractivity contribution in [3.8, 4) is 0 Å². The van der Waals surface area contributed by atoms with Crippen LogP contribution in [0.2, 0.25) is 0 Å². The van der Waals surface area contributed by atoms with Crippen molar-refractivity contribution in [1.29, 1.82) is 0 Å². The van der Waals surface area contributed by atoms with Gasteiger partial charge in [-0.15, -0.1) is 6.58 Å². The Bertz CT molecular complexity index is 1310. The van der Waals surface area contributed by atoms with Gasteiger partial charge in [0.15, 0.2) is 6.10 Å². The van der Waals surface area contributed by atoms with Crippen molar-refractivity contribution in [2.75, 3.05) is 20.3 Å². The van der Waals surface area contributed by atoms with E-state index in [2.05, 4.69) is 6.58 Å². The van der Waals surface area contributed by atoms with E-state index in [1.807, 2.05) is 91.0 Å². The Balaban J connectivity index is 1.73. The van der Waals surface area contributed by atoms with E-state index in [1.54, 1.807) is 0 Å². The maximum atomic E-state index is 13.2. The van der Waals surface area contributed by atoms with Crippen LogP contribution in [0.15, 0.2) is 104 Å². The Hall–Kier alpha value is -3.93. The zero-order chi connectivity index (χ0) is 31.2. The summed E-state index contributed by atoms with van der Waals surface area (Å²) in [4.78, 5) is 25.0. The summed E-state index contributed by atoms with van der Waals surface area (Å²) < 4.78 is 36.1. The molecule has 10 nitrogen and oxygen atoms in total. The van der Waals surface area contributed by atoms with Crippen LogP contribution < -0.4 is 0 Å². The molecule has 0 spiro atoms. The summed E-state index contributed by atoms with van der Waals surface area (Å²) in [6.45, 7) is 4.19. The van der Waals surface area contributed by atoms with Crippen LogP contribution in [-0.2, 0) is 53.0 Å². The number of hydrogen-bond acceptors (Lipinski definition) is 9. The lowest BCUT2D eigenvalue weighted by Gasteiger charge is -2.48. The molecule has 234 valence electrons. The second kappa shape index (κ2) is 16.8. The predicted octanol–water partition coefficient (Wildman–Crippen LogP) is 5.27. The lowest BCUT2D eigenvalue weighted by atomic mass is 9.79. The zero-order valence-corrected chi connectivity index (χ0v) is 24.8. The van der Waals surface area contributed by atoms with E-state index in [1.165, 1.54) is 13.2 Å². The summed E-state index contributed by atoms with van der Waals surface area (Å²) in [5, 5.41) is 13.2. The lowest BCUT2D eigenvalue weighted by molar-refractivity contribution is -0.627. The summed E-state index contributed by atoms with van der Waals surface area (Å²) in [5.41, 5.74) is 0.596. The molecule has 44 heavy (non-hydrogen) atoms. The van der Waals surface area contributed by atoms with Crippen LogP contribution in [0.1, 0.15) is 29.5 Å². The minimum atomic E-state index is -2.04. The molecule has 0 N–H and O–H groups in total. The van der Waals surface area contributed by atoms with Crippen LogP contribution in [0.5, 0.6) is 0 Å². The molecular formula is C34H39NO9. The fraction of sp³-hybridized carbons (Fsp3) is 0.382. The topological polar surface area (TPSA) is 116 Å². The Morgan fingerprint density at radius 3 is 1.95 bits per heavy atom. The number of esters is 1. The van der Waals surface area contributed by atoms with Gasteiger partial charge in [0.05, 0.1) is 46.6 Å². The number of carbonyl (C=O) groups is 1. The molecule has 0 unspecified atom stereocenters. The third-order valence-corrected chi connectivity index (χ3v) is 7.48. The molecule has 1 saturated heterocycles. The number of rotatable bonds is 17. The predicted molar refractivity (Wildman–Crippen MR) is 162 cm³/mol. The number of methoxy groups -OCH3 is 1. The van der Waals surface area contributed by atoms with Crippen LogP contribution in [0.25, 0.3) is 0 Å². The second-order valence-electron chi connectivity index (χ2n) is 10.4. The van der Waals surface area contributed by atoms with Gasteiger partial charge >= 0.3 is 11.5 Å². The standard InChI is InChI=1S/C34H39NO9/c1-3-21-41-33-34(35(37)38,20-19-30(36)39-2)32(43-24-28-17-11-6-12-18-28)31(42-23-27-15-9-5-10-16-27)29(44-33)25-40-22-26-13-7-4-8-14-26/h3-18,29,31-33H,1,19-25H2,2H3/t29-,31+,32+,33+,34-/m1/s1. The molecule has 1 aliphatic heterocycles. The highest BCUT2D eigenvalue weighted by Crippen LogP contribution is 2.41. The van der Waals surface area contributed by atoms with E-state index in [9.17, 15) is 14.9 Å². The highest BCUT2D eigenvalue weighted by Gasteiger charge is 2.67. The van der Waals surface area contributed by atoms with Crippen LogP contribution in [0.4, 0.5) is 0 Å². The monoisotopic (exact) mass is 605 g/mol. The van der Waals surface area contributed by atoms with Gasteiger partial charge < -0.3 is 28.4 Å². The number of carbonyl (C=O) groups excluding carboxylic acids is 1. The first-order chi connectivity index (χ1) is 21.5. The molecule has 0 amide bonds. The van der Waals surface area contributed by atoms with Crippen molar-refractivity contribution in [1.82, 2.24) is 0 Å². The van der Waals surface area contributed by atoms with Crippen molar-refractivity contribution in [3.63, 3.8) is 0 Å². The Kier molecular flexibility index (Phi) is 12.6. The first kappa shape index (κ1) is 33.0. The van der Waals surface area contributed by atoms with E-state index in [4.69, 9.17) is 28.4 Å². The van der Waals surface area contributed by atoms with Crippen LogP contribution in [-0.4, -0.2) is 61.4 Å². The van der Waals surface area contributed by atoms with E-state index >= 15 is 0 Å². The van der Waals surface area contributed by atoms with Gasteiger partial charge in [-0.2, -0.15) is 0 Å². The smallest absolute Gasteiger partial charge is 0.305 e. The molecule has 0 saturated carbocycles. The number of benzene rings is 3. The van der Waals surface area contributed by atoms with Crippen LogP contribution in [0, 0.1) is 10.1 Å². The summed E-state index contributed by atoms with van der Waals surface area (Å²) in [6.07, 6.45) is -3.47. The third kappa shape index (κ3) is 8.58. The van der Waals surface area contributed by atoms with Crippen molar-refractivity contribution in [2.24, 2.45) is 0 Å². The van der Waals surface area contributed by atoms with E-state index in [0.717, 1.165) is 16.7 Å². The molecule has 4 rings (SSSR count).